The normalized spacial score (nSPS) is 15.9. The van der Waals surface area contributed by atoms with E-state index >= 15 is 0 Å². The number of rotatable bonds is 4. The molecule has 2 amide bonds. The van der Waals surface area contributed by atoms with E-state index in [0.717, 1.165) is 17.4 Å². The molecule has 1 aliphatic rings. The second-order valence-electron chi connectivity index (χ2n) is 7.38. The number of carbonyl (C=O) groups excluding carboxylic acids is 2. The molecule has 0 radical (unpaired) electrons. The Balaban J connectivity index is 1.55. The van der Waals surface area contributed by atoms with Crippen LogP contribution in [0.1, 0.15) is 34.3 Å². The maximum atomic E-state index is 12.9. The maximum absolute atomic E-state index is 12.9. The van der Waals surface area contributed by atoms with Gasteiger partial charge in [0.1, 0.15) is 11.7 Å². The van der Waals surface area contributed by atoms with Crippen LogP contribution >= 0.6 is 0 Å². The zero-order chi connectivity index (χ0) is 21.3. The van der Waals surface area contributed by atoms with Gasteiger partial charge in [-0.3, -0.25) is 9.59 Å². The Hall–Kier alpha value is -3.45. The van der Waals surface area contributed by atoms with Crippen molar-refractivity contribution in [2.45, 2.75) is 32.8 Å². The molecule has 30 heavy (non-hydrogen) atoms. The quantitative estimate of drug-likeness (QED) is 0.643. The fourth-order valence-electron chi connectivity index (χ4n) is 3.62. The lowest BCUT2D eigenvalue weighted by Gasteiger charge is -2.15. The molecule has 2 aromatic carbocycles. The molecule has 1 aliphatic heterocycles. The highest BCUT2D eigenvalue weighted by molar-refractivity contribution is 6.07. The summed E-state index contributed by atoms with van der Waals surface area (Å²) in [6.45, 7) is 4.20. The summed E-state index contributed by atoms with van der Waals surface area (Å²) in [5.74, 6) is -0.525. The highest BCUT2D eigenvalue weighted by Gasteiger charge is 2.24. The van der Waals surface area contributed by atoms with Gasteiger partial charge in [0.05, 0.1) is 0 Å². The van der Waals surface area contributed by atoms with Crippen molar-refractivity contribution in [2.24, 2.45) is 0 Å². The van der Waals surface area contributed by atoms with Gasteiger partial charge in [-0.25, -0.2) is 4.79 Å². The van der Waals surface area contributed by atoms with Crippen molar-refractivity contribution in [3.8, 4) is 0 Å². The van der Waals surface area contributed by atoms with E-state index in [9.17, 15) is 14.4 Å². The smallest absolute Gasteiger partial charge is 0.336 e. The number of amides is 2. The van der Waals surface area contributed by atoms with Crippen LogP contribution < -0.4 is 16.3 Å². The van der Waals surface area contributed by atoms with Crippen molar-refractivity contribution in [2.75, 3.05) is 17.2 Å². The van der Waals surface area contributed by atoms with Gasteiger partial charge < -0.3 is 19.8 Å². The minimum atomic E-state index is -0.447. The van der Waals surface area contributed by atoms with E-state index < -0.39 is 11.7 Å². The third kappa shape index (κ3) is 3.97. The Morgan fingerprint density at radius 3 is 2.67 bits per heavy atom. The van der Waals surface area contributed by atoms with Crippen LogP contribution in [-0.2, 0) is 9.53 Å². The standard InChI is InChI=1S/C23H22N2O5/c1-13-11-21(26)30-20-12-15(8-9-16(13)20)24-22(27)17-5-3-6-18(14(17)2)25-23(28)19-7-4-10-29-19/h3,5-6,8-9,11-12,19H,4,7,10H2,1-2H3,(H,24,27)(H,25,28). The van der Waals surface area contributed by atoms with Gasteiger partial charge in [0.15, 0.2) is 0 Å². The molecule has 1 atom stereocenters. The van der Waals surface area contributed by atoms with E-state index in [1.165, 1.54) is 6.07 Å². The summed E-state index contributed by atoms with van der Waals surface area (Å²) in [5.41, 5.74) is 2.96. The van der Waals surface area contributed by atoms with Crippen LogP contribution in [0.5, 0.6) is 0 Å². The number of fused-ring (bicyclic) bond motifs is 1. The van der Waals surface area contributed by atoms with Crippen LogP contribution in [0, 0.1) is 13.8 Å². The van der Waals surface area contributed by atoms with Gasteiger partial charge in [0.2, 0.25) is 0 Å². The fourth-order valence-corrected chi connectivity index (χ4v) is 3.62. The molecule has 3 aromatic rings. The lowest BCUT2D eigenvalue weighted by atomic mass is 10.1. The highest BCUT2D eigenvalue weighted by Crippen LogP contribution is 2.24. The first-order valence-corrected chi connectivity index (χ1v) is 9.80. The summed E-state index contributed by atoms with van der Waals surface area (Å²) in [7, 11) is 0. The van der Waals surface area contributed by atoms with E-state index in [1.807, 2.05) is 6.92 Å². The molecular weight excluding hydrogens is 384 g/mol. The van der Waals surface area contributed by atoms with Crippen LogP contribution in [0.3, 0.4) is 0 Å². The summed E-state index contributed by atoms with van der Waals surface area (Å²) < 4.78 is 10.7. The summed E-state index contributed by atoms with van der Waals surface area (Å²) >= 11 is 0. The molecule has 1 fully saturated rings. The van der Waals surface area contributed by atoms with Gasteiger partial charge >= 0.3 is 5.63 Å². The molecule has 1 unspecified atom stereocenters. The number of hydrogen-bond donors (Lipinski definition) is 2. The van der Waals surface area contributed by atoms with E-state index in [0.29, 0.717) is 41.1 Å². The highest BCUT2D eigenvalue weighted by atomic mass is 16.5. The third-order valence-corrected chi connectivity index (χ3v) is 5.27. The molecule has 7 nitrogen and oxygen atoms in total. The van der Waals surface area contributed by atoms with Crippen molar-refractivity contribution in [1.82, 2.24) is 0 Å². The van der Waals surface area contributed by atoms with Gasteiger partial charge in [0, 0.05) is 41.1 Å². The van der Waals surface area contributed by atoms with E-state index in [2.05, 4.69) is 10.6 Å². The molecule has 1 saturated heterocycles. The number of hydrogen-bond acceptors (Lipinski definition) is 5. The fraction of sp³-hybridized carbons (Fsp3) is 0.261. The van der Waals surface area contributed by atoms with Crippen LogP contribution in [0.4, 0.5) is 11.4 Å². The van der Waals surface area contributed by atoms with Gasteiger partial charge in [0.25, 0.3) is 11.8 Å². The Labute approximate surface area is 173 Å². The molecule has 2 N–H and O–H groups in total. The van der Waals surface area contributed by atoms with Gasteiger partial charge in [-0.2, -0.15) is 0 Å². The molecule has 4 rings (SSSR count). The largest absolute Gasteiger partial charge is 0.423 e. The minimum absolute atomic E-state index is 0.201. The van der Waals surface area contributed by atoms with Crippen molar-refractivity contribution < 1.29 is 18.7 Å². The average Bonchev–Trinajstić information content (AvgIpc) is 3.24. The molecule has 7 heteroatoms. The average molecular weight is 406 g/mol. The Bertz CT molecular complexity index is 1190. The Morgan fingerprint density at radius 2 is 1.90 bits per heavy atom. The van der Waals surface area contributed by atoms with E-state index in [4.69, 9.17) is 9.15 Å². The second-order valence-corrected chi connectivity index (χ2v) is 7.38. The summed E-state index contributed by atoms with van der Waals surface area (Å²) in [4.78, 5) is 36.8. The lowest BCUT2D eigenvalue weighted by molar-refractivity contribution is -0.124. The first-order chi connectivity index (χ1) is 14.4. The monoisotopic (exact) mass is 406 g/mol. The summed E-state index contributed by atoms with van der Waals surface area (Å²) in [5, 5.41) is 6.49. The first kappa shape index (κ1) is 19.8. The predicted octanol–water partition coefficient (Wildman–Crippen LogP) is 3.78. The number of nitrogens with one attached hydrogen (secondary N) is 2. The number of ether oxygens (including phenoxy) is 1. The van der Waals surface area contributed by atoms with E-state index in [1.54, 1.807) is 43.3 Å². The van der Waals surface area contributed by atoms with Crippen LogP contribution in [0.15, 0.2) is 51.7 Å². The van der Waals surface area contributed by atoms with Crippen molar-refractivity contribution in [3.05, 3.63) is 69.6 Å². The topological polar surface area (TPSA) is 97.6 Å². The molecule has 0 bridgehead atoms. The molecule has 0 aliphatic carbocycles. The zero-order valence-electron chi connectivity index (χ0n) is 16.8. The van der Waals surface area contributed by atoms with Crippen LogP contribution in [-0.4, -0.2) is 24.5 Å². The van der Waals surface area contributed by atoms with Gasteiger partial charge in [-0.05, 0) is 62.1 Å². The SMILES string of the molecule is Cc1c(NC(=O)C2CCCO2)cccc1C(=O)Nc1ccc2c(C)cc(=O)oc2c1. The molecule has 0 saturated carbocycles. The number of anilines is 2. The third-order valence-electron chi connectivity index (χ3n) is 5.27. The molecule has 154 valence electrons. The molecule has 2 heterocycles. The number of benzene rings is 2. The number of carbonyl (C=O) groups is 2. The van der Waals surface area contributed by atoms with Crippen LogP contribution in [0.2, 0.25) is 0 Å². The maximum Gasteiger partial charge on any atom is 0.336 e. The van der Waals surface area contributed by atoms with Gasteiger partial charge in [-0.1, -0.05) is 6.07 Å². The van der Waals surface area contributed by atoms with E-state index in [-0.39, 0.29) is 11.8 Å². The van der Waals surface area contributed by atoms with Crippen LogP contribution in [0.25, 0.3) is 11.0 Å². The molecule has 1 aromatic heterocycles. The summed E-state index contributed by atoms with van der Waals surface area (Å²) in [6.07, 6.45) is 1.12. The van der Waals surface area contributed by atoms with Crippen molar-refractivity contribution >= 4 is 34.2 Å². The summed E-state index contributed by atoms with van der Waals surface area (Å²) in [6, 6.07) is 11.8. The number of aryl methyl sites for hydroxylation is 1. The second kappa shape index (κ2) is 8.12. The lowest BCUT2D eigenvalue weighted by Crippen LogP contribution is -2.27. The first-order valence-electron chi connectivity index (χ1n) is 9.80. The predicted molar refractivity (Wildman–Crippen MR) is 114 cm³/mol. The van der Waals surface area contributed by atoms with Gasteiger partial charge in [-0.15, -0.1) is 0 Å². The Kier molecular flexibility index (Phi) is 5.37. The Morgan fingerprint density at radius 1 is 1.07 bits per heavy atom. The van der Waals surface area contributed by atoms with Crippen molar-refractivity contribution in [1.29, 1.82) is 0 Å². The minimum Gasteiger partial charge on any atom is -0.423 e. The zero-order valence-corrected chi connectivity index (χ0v) is 16.8. The molecule has 0 spiro atoms. The molecular formula is C23H22N2O5. The van der Waals surface area contributed by atoms with Crippen molar-refractivity contribution in [3.63, 3.8) is 0 Å².